The molecule has 2 N–H and O–H groups in total. The highest BCUT2D eigenvalue weighted by atomic mass is 35.5. The Morgan fingerprint density at radius 3 is 3.09 bits per heavy atom. The van der Waals surface area contributed by atoms with Crippen LogP contribution in [0.25, 0.3) is 22.4 Å². The topological polar surface area (TPSA) is 79.6 Å². The second kappa shape index (κ2) is 6.46. The number of hydrogen-bond acceptors (Lipinski definition) is 5. The Kier molecular flexibility index (Phi) is 4.40. The summed E-state index contributed by atoms with van der Waals surface area (Å²) in [6.07, 6.45) is 6.55. The molecule has 1 aromatic carbocycles. The van der Waals surface area contributed by atoms with Crippen molar-refractivity contribution < 1.29 is 4.52 Å². The number of aromatic amines is 1. The van der Waals surface area contributed by atoms with Crippen molar-refractivity contribution in [1.29, 1.82) is 0 Å². The minimum absolute atomic E-state index is 0. The number of fused-ring (bicyclic) bond motifs is 1. The number of nitrogens with one attached hydrogen (secondary N) is 2. The Labute approximate surface area is 134 Å². The normalized spacial score (nSPS) is 18.8. The highest BCUT2D eigenvalue weighted by Gasteiger charge is 2.20. The molecule has 0 aliphatic carbocycles. The lowest BCUT2D eigenvalue weighted by molar-refractivity contribution is 0.402. The van der Waals surface area contributed by atoms with Crippen LogP contribution in [-0.4, -0.2) is 26.9 Å². The summed E-state index contributed by atoms with van der Waals surface area (Å²) >= 11 is 0. The van der Waals surface area contributed by atoms with E-state index in [4.69, 9.17) is 4.52 Å². The molecule has 3 heterocycles. The molecule has 1 fully saturated rings. The van der Waals surface area contributed by atoms with Gasteiger partial charge in [-0.1, -0.05) is 24.1 Å². The van der Waals surface area contributed by atoms with E-state index < -0.39 is 0 Å². The van der Waals surface area contributed by atoms with Gasteiger partial charge in [0.2, 0.25) is 0 Å². The SMILES string of the molecule is Cl.c1cc(-c2nc(C3CCCCCN3)no2)c2cn[nH]c2c1. The standard InChI is InChI=1S/C15H17N5O.ClH/c1-2-6-13(16-8-3-1)14-18-15(21-20-14)10-5-4-7-12-11(10)9-17-19-12;/h4-5,7,9,13,16H,1-3,6,8H2,(H,17,19);1H. The van der Waals surface area contributed by atoms with Crippen molar-refractivity contribution in [2.24, 2.45) is 0 Å². The monoisotopic (exact) mass is 319 g/mol. The van der Waals surface area contributed by atoms with E-state index in [-0.39, 0.29) is 18.4 Å². The maximum atomic E-state index is 5.48. The van der Waals surface area contributed by atoms with Crippen LogP contribution < -0.4 is 5.32 Å². The van der Waals surface area contributed by atoms with Gasteiger partial charge in [0.25, 0.3) is 5.89 Å². The van der Waals surface area contributed by atoms with Crippen LogP contribution in [0.2, 0.25) is 0 Å². The van der Waals surface area contributed by atoms with Crippen LogP contribution in [0.4, 0.5) is 0 Å². The van der Waals surface area contributed by atoms with Crippen molar-refractivity contribution in [2.45, 2.75) is 31.7 Å². The quantitative estimate of drug-likeness (QED) is 0.758. The van der Waals surface area contributed by atoms with Crippen LogP contribution >= 0.6 is 12.4 Å². The zero-order chi connectivity index (χ0) is 14.1. The maximum absolute atomic E-state index is 5.48. The average Bonchev–Trinajstić information content (AvgIpc) is 3.10. The minimum atomic E-state index is 0. The van der Waals surface area contributed by atoms with E-state index >= 15 is 0 Å². The van der Waals surface area contributed by atoms with Crippen LogP contribution in [0.1, 0.15) is 37.5 Å². The van der Waals surface area contributed by atoms with Crippen molar-refractivity contribution in [3.8, 4) is 11.5 Å². The Morgan fingerprint density at radius 1 is 1.18 bits per heavy atom. The molecule has 1 aliphatic heterocycles. The first kappa shape index (κ1) is 15.0. The number of aromatic nitrogens is 4. The summed E-state index contributed by atoms with van der Waals surface area (Å²) in [5, 5.41) is 15.7. The van der Waals surface area contributed by atoms with E-state index in [1.165, 1.54) is 19.3 Å². The van der Waals surface area contributed by atoms with Gasteiger partial charge in [0.05, 0.1) is 23.3 Å². The molecule has 6 nitrogen and oxygen atoms in total. The van der Waals surface area contributed by atoms with E-state index in [1.54, 1.807) is 6.20 Å². The molecule has 3 aromatic rings. The Morgan fingerprint density at radius 2 is 2.14 bits per heavy atom. The Hall–Kier alpha value is -1.92. The molecule has 1 aliphatic rings. The molecule has 116 valence electrons. The molecule has 0 bridgehead atoms. The fraction of sp³-hybridized carbons (Fsp3) is 0.400. The molecule has 1 unspecified atom stereocenters. The van der Waals surface area contributed by atoms with Crippen molar-refractivity contribution in [1.82, 2.24) is 25.7 Å². The Bertz CT molecular complexity index is 745. The molecule has 7 heteroatoms. The van der Waals surface area contributed by atoms with Crippen LogP contribution in [0, 0.1) is 0 Å². The number of H-pyrrole nitrogens is 1. The van der Waals surface area contributed by atoms with Crippen molar-refractivity contribution in [3.05, 3.63) is 30.2 Å². The first-order valence-corrected chi connectivity index (χ1v) is 7.41. The van der Waals surface area contributed by atoms with Gasteiger partial charge in [-0.3, -0.25) is 5.10 Å². The summed E-state index contributed by atoms with van der Waals surface area (Å²) in [5.41, 5.74) is 1.90. The maximum Gasteiger partial charge on any atom is 0.258 e. The second-order valence-electron chi connectivity index (χ2n) is 5.45. The molecule has 0 saturated carbocycles. The van der Waals surface area contributed by atoms with Gasteiger partial charge in [-0.05, 0) is 31.5 Å². The summed E-state index contributed by atoms with van der Waals surface area (Å²) in [7, 11) is 0. The molecule has 22 heavy (non-hydrogen) atoms. The van der Waals surface area contributed by atoms with Crippen molar-refractivity contribution in [2.75, 3.05) is 6.54 Å². The summed E-state index contributed by atoms with van der Waals surface area (Å²) in [6, 6.07) is 6.13. The molecule has 0 amide bonds. The highest BCUT2D eigenvalue weighted by Crippen LogP contribution is 2.28. The molecule has 1 saturated heterocycles. The van der Waals surface area contributed by atoms with Crippen molar-refractivity contribution in [3.63, 3.8) is 0 Å². The molecular formula is C15H18ClN5O. The predicted molar refractivity (Wildman–Crippen MR) is 85.8 cm³/mol. The third kappa shape index (κ3) is 2.71. The first-order chi connectivity index (χ1) is 10.4. The summed E-state index contributed by atoms with van der Waals surface area (Å²) in [5.74, 6) is 1.32. The fourth-order valence-electron chi connectivity index (χ4n) is 2.89. The molecular weight excluding hydrogens is 302 g/mol. The highest BCUT2D eigenvalue weighted by molar-refractivity contribution is 5.91. The van der Waals surface area contributed by atoms with E-state index in [1.807, 2.05) is 18.2 Å². The van der Waals surface area contributed by atoms with Crippen LogP contribution in [0.5, 0.6) is 0 Å². The lowest BCUT2D eigenvalue weighted by atomic mass is 10.1. The molecule has 0 spiro atoms. The number of hydrogen-bond donors (Lipinski definition) is 2. The van der Waals surface area contributed by atoms with Crippen LogP contribution in [0.15, 0.2) is 28.9 Å². The predicted octanol–water partition coefficient (Wildman–Crippen LogP) is 3.24. The van der Waals surface area contributed by atoms with Crippen LogP contribution in [-0.2, 0) is 0 Å². The second-order valence-corrected chi connectivity index (χ2v) is 5.45. The molecule has 0 radical (unpaired) electrons. The summed E-state index contributed by atoms with van der Waals surface area (Å²) < 4.78 is 5.48. The molecule has 4 rings (SSSR count). The Balaban J connectivity index is 0.00000144. The number of rotatable bonds is 2. The van der Waals surface area contributed by atoms with Gasteiger partial charge in [-0.15, -0.1) is 12.4 Å². The molecule has 1 atom stereocenters. The number of benzene rings is 1. The van der Waals surface area contributed by atoms with Gasteiger partial charge in [-0.2, -0.15) is 10.1 Å². The zero-order valence-electron chi connectivity index (χ0n) is 12.1. The lowest BCUT2D eigenvalue weighted by Crippen LogP contribution is -2.21. The molecule has 2 aromatic heterocycles. The lowest BCUT2D eigenvalue weighted by Gasteiger charge is -2.09. The van der Waals surface area contributed by atoms with Gasteiger partial charge in [0.15, 0.2) is 5.82 Å². The van der Waals surface area contributed by atoms with Gasteiger partial charge in [-0.25, -0.2) is 0 Å². The van der Waals surface area contributed by atoms with E-state index in [0.717, 1.165) is 35.3 Å². The number of nitrogens with zero attached hydrogens (tertiary/aromatic N) is 3. The van der Waals surface area contributed by atoms with E-state index in [9.17, 15) is 0 Å². The van der Waals surface area contributed by atoms with E-state index in [2.05, 4.69) is 25.7 Å². The van der Waals surface area contributed by atoms with Gasteiger partial charge in [0, 0.05) is 5.39 Å². The van der Waals surface area contributed by atoms with Gasteiger partial charge >= 0.3 is 0 Å². The largest absolute Gasteiger partial charge is 0.334 e. The third-order valence-corrected chi connectivity index (χ3v) is 4.03. The van der Waals surface area contributed by atoms with Crippen molar-refractivity contribution >= 4 is 23.3 Å². The minimum Gasteiger partial charge on any atom is -0.334 e. The first-order valence-electron chi connectivity index (χ1n) is 7.41. The van der Waals surface area contributed by atoms with Gasteiger partial charge in [0.1, 0.15) is 0 Å². The number of halogens is 1. The summed E-state index contributed by atoms with van der Waals surface area (Å²) in [4.78, 5) is 4.59. The van der Waals surface area contributed by atoms with Gasteiger partial charge < -0.3 is 9.84 Å². The fourth-order valence-corrected chi connectivity index (χ4v) is 2.89. The zero-order valence-corrected chi connectivity index (χ0v) is 12.9. The average molecular weight is 320 g/mol. The van der Waals surface area contributed by atoms with Crippen LogP contribution in [0.3, 0.4) is 0 Å². The third-order valence-electron chi connectivity index (χ3n) is 4.03. The van der Waals surface area contributed by atoms with E-state index in [0.29, 0.717) is 5.89 Å². The summed E-state index contributed by atoms with van der Waals surface area (Å²) in [6.45, 7) is 1.02. The smallest absolute Gasteiger partial charge is 0.258 e.